The fourth-order valence-electron chi connectivity index (χ4n) is 4.87. The second-order valence-electron chi connectivity index (χ2n) is 8.61. The van der Waals surface area contributed by atoms with Crippen molar-refractivity contribution in [2.45, 2.75) is 50.8 Å². The van der Waals surface area contributed by atoms with E-state index in [0.29, 0.717) is 37.3 Å². The predicted molar refractivity (Wildman–Crippen MR) is 116 cm³/mol. The van der Waals surface area contributed by atoms with Gasteiger partial charge in [0.25, 0.3) is 11.8 Å². The standard InChI is InChI=1S/C23H27N5O3/c1-27(19-8-4-5-9-20(19)29)23(31)21-15-13-28(11-10-17(15)25-26-21)22(30)18-12-14-6-2-3-7-16(14)24-18/h2-3,6-7,12,19-20,24,29H,4-5,8-11,13H2,1H3,(H,25,26)/t19-,20-/m1/s1. The van der Waals surface area contributed by atoms with Crippen molar-refractivity contribution in [3.63, 3.8) is 0 Å². The second-order valence-corrected chi connectivity index (χ2v) is 8.61. The number of likely N-dealkylation sites (N-methyl/N-ethyl adjacent to an activating group) is 1. The lowest BCUT2D eigenvalue weighted by atomic mass is 9.91. The van der Waals surface area contributed by atoms with Gasteiger partial charge in [0, 0.05) is 42.2 Å². The Bertz CT molecular complexity index is 1100. The van der Waals surface area contributed by atoms with Crippen molar-refractivity contribution in [2.75, 3.05) is 13.6 Å². The molecule has 5 rings (SSSR count). The number of aromatic amines is 2. The van der Waals surface area contributed by atoms with E-state index in [1.165, 1.54) is 0 Å². The lowest BCUT2D eigenvalue weighted by Crippen LogP contribution is -2.46. The zero-order chi connectivity index (χ0) is 21.5. The molecule has 162 valence electrons. The van der Waals surface area contributed by atoms with Crippen LogP contribution in [0, 0.1) is 0 Å². The molecule has 0 saturated heterocycles. The highest BCUT2D eigenvalue weighted by Crippen LogP contribution is 2.27. The Morgan fingerprint density at radius 3 is 2.84 bits per heavy atom. The van der Waals surface area contributed by atoms with Gasteiger partial charge < -0.3 is 19.9 Å². The maximum atomic E-state index is 13.2. The molecule has 2 atom stereocenters. The van der Waals surface area contributed by atoms with Gasteiger partial charge in [0.05, 0.1) is 18.7 Å². The molecule has 2 aliphatic rings. The number of aliphatic hydroxyl groups is 1. The highest BCUT2D eigenvalue weighted by Gasteiger charge is 2.34. The first-order valence-corrected chi connectivity index (χ1v) is 10.9. The van der Waals surface area contributed by atoms with Crippen LogP contribution >= 0.6 is 0 Å². The maximum absolute atomic E-state index is 13.2. The summed E-state index contributed by atoms with van der Waals surface area (Å²) < 4.78 is 0. The molecule has 1 aliphatic heterocycles. The number of nitrogens with one attached hydrogen (secondary N) is 2. The minimum atomic E-state index is -0.502. The Morgan fingerprint density at radius 1 is 1.23 bits per heavy atom. The number of carbonyl (C=O) groups is 2. The van der Waals surface area contributed by atoms with Crippen LogP contribution in [0.3, 0.4) is 0 Å². The van der Waals surface area contributed by atoms with E-state index in [2.05, 4.69) is 15.2 Å². The topological polar surface area (TPSA) is 105 Å². The summed E-state index contributed by atoms with van der Waals surface area (Å²) in [6.07, 6.45) is 3.62. The van der Waals surface area contributed by atoms with Crippen molar-refractivity contribution >= 4 is 22.7 Å². The molecule has 31 heavy (non-hydrogen) atoms. The molecular formula is C23H27N5O3. The van der Waals surface area contributed by atoms with E-state index in [9.17, 15) is 14.7 Å². The first-order valence-electron chi connectivity index (χ1n) is 10.9. The average Bonchev–Trinajstić information content (AvgIpc) is 3.41. The first-order chi connectivity index (χ1) is 15.0. The number of benzene rings is 1. The number of H-pyrrole nitrogens is 2. The summed E-state index contributed by atoms with van der Waals surface area (Å²) in [6, 6.07) is 9.47. The van der Waals surface area contributed by atoms with Crippen molar-refractivity contribution in [2.24, 2.45) is 0 Å². The minimum Gasteiger partial charge on any atom is -0.391 e. The van der Waals surface area contributed by atoms with Gasteiger partial charge in [-0.25, -0.2) is 0 Å². The second kappa shape index (κ2) is 7.85. The van der Waals surface area contributed by atoms with E-state index >= 15 is 0 Å². The summed E-state index contributed by atoms with van der Waals surface area (Å²) in [5.74, 6) is -0.291. The summed E-state index contributed by atoms with van der Waals surface area (Å²) in [4.78, 5) is 32.9. The van der Waals surface area contributed by atoms with Gasteiger partial charge in [-0.15, -0.1) is 0 Å². The zero-order valence-electron chi connectivity index (χ0n) is 17.6. The van der Waals surface area contributed by atoms with Crippen LogP contribution in [0.5, 0.6) is 0 Å². The Kier molecular flexibility index (Phi) is 5.02. The van der Waals surface area contributed by atoms with Gasteiger partial charge in [0.2, 0.25) is 0 Å². The van der Waals surface area contributed by atoms with Gasteiger partial charge in [-0.05, 0) is 25.0 Å². The molecule has 1 saturated carbocycles. The van der Waals surface area contributed by atoms with Gasteiger partial charge in [-0.3, -0.25) is 14.7 Å². The third kappa shape index (κ3) is 3.50. The van der Waals surface area contributed by atoms with Gasteiger partial charge in [0.1, 0.15) is 5.69 Å². The van der Waals surface area contributed by atoms with Crippen LogP contribution in [0.25, 0.3) is 10.9 Å². The van der Waals surface area contributed by atoms with Crippen LogP contribution in [0.15, 0.2) is 30.3 Å². The van der Waals surface area contributed by atoms with Crippen LogP contribution in [-0.2, 0) is 13.0 Å². The zero-order valence-corrected chi connectivity index (χ0v) is 17.6. The van der Waals surface area contributed by atoms with Crippen molar-refractivity contribution in [3.05, 3.63) is 53.0 Å². The molecule has 8 heteroatoms. The molecule has 1 fully saturated rings. The fourth-order valence-corrected chi connectivity index (χ4v) is 4.87. The van der Waals surface area contributed by atoms with Gasteiger partial charge >= 0.3 is 0 Å². The Hall–Kier alpha value is -3.13. The van der Waals surface area contributed by atoms with Crippen molar-refractivity contribution in [1.29, 1.82) is 0 Å². The molecule has 0 radical (unpaired) electrons. The van der Waals surface area contributed by atoms with Gasteiger partial charge in [-0.2, -0.15) is 5.10 Å². The van der Waals surface area contributed by atoms with E-state index in [-0.39, 0.29) is 17.9 Å². The molecule has 0 unspecified atom stereocenters. The quantitative estimate of drug-likeness (QED) is 0.604. The number of carbonyl (C=O) groups excluding carboxylic acids is 2. The summed E-state index contributed by atoms with van der Waals surface area (Å²) in [5.41, 5.74) is 3.50. The monoisotopic (exact) mass is 421 g/mol. The van der Waals surface area contributed by atoms with Crippen LogP contribution in [-0.4, -0.2) is 67.6 Å². The van der Waals surface area contributed by atoms with E-state index < -0.39 is 6.10 Å². The number of para-hydroxylation sites is 1. The molecule has 3 heterocycles. The van der Waals surface area contributed by atoms with Crippen LogP contribution in [0.1, 0.15) is 57.9 Å². The molecule has 1 aliphatic carbocycles. The number of aromatic nitrogens is 3. The van der Waals surface area contributed by atoms with Crippen LogP contribution in [0.2, 0.25) is 0 Å². The van der Waals surface area contributed by atoms with Gasteiger partial charge in [-0.1, -0.05) is 31.0 Å². The van der Waals surface area contributed by atoms with E-state index in [1.807, 2.05) is 30.3 Å². The predicted octanol–water partition coefficient (Wildman–Crippen LogP) is 2.47. The molecule has 3 aromatic rings. The Balaban J connectivity index is 1.37. The lowest BCUT2D eigenvalue weighted by molar-refractivity contribution is 0.0263. The highest BCUT2D eigenvalue weighted by atomic mass is 16.3. The Labute approximate surface area is 180 Å². The largest absolute Gasteiger partial charge is 0.391 e. The smallest absolute Gasteiger partial charge is 0.274 e. The van der Waals surface area contributed by atoms with E-state index in [1.54, 1.807) is 16.8 Å². The number of amides is 2. The van der Waals surface area contributed by atoms with Crippen LogP contribution in [0.4, 0.5) is 0 Å². The fraction of sp³-hybridized carbons (Fsp3) is 0.435. The molecular weight excluding hydrogens is 394 g/mol. The number of aliphatic hydroxyl groups excluding tert-OH is 1. The summed E-state index contributed by atoms with van der Waals surface area (Å²) in [5, 5.41) is 18.6. The van der Waals surface area contributed by atoms with Crippen molar-refractivity contribution in [3.8, 4) is 0 Å². The van der Waals surface area contributed by atoms with E-state index in [4.69, 9.17) is 0 Å². The van der Waals surface area contributed by atoms with E-state index in [0.717, 1.165) is 41.4 Å². The number of fused-ring (bicyclic) bond motifs is 2. The van der Waals surface area contributed by atoms with Crippen molar-refractivity contribution in [1.82, 2.24) is 25.0 Å². The Morgan fingerprint density at radius 2 is 2.03 bits per heavy atom. The summed E-state index contributed by atoms with van der Waals surface area (Å²) >= 11 is 0. The molecule has 3 N–H and O–H groups in total. The normalized spacial score (nSPS) is 21.2. The third-order valence-electron chi connectivity index (χ3n) is 6.70. The average molecular weight is 422 g/mol. The first kappa shape index (κ1) is 19.8. The third-order valence-corrected chi connectivity index (χ3v) is 6.70. The SMILES string of the molecule is CN(C(=O)c1n[nH]c2c1CN(C(=O)c1cc3ccccc3[nH]1)CC2)[C@@H]1CCCC[C@H]1O. The highest BCUT2D eigenvalue weighted by molar-refractivity contribution is 5.98. The van der Waals surface area contributed by atoms with Gasteiger partial charge in [0.15, 0.2) is 5.69 Å². The molecule has 2 amide bonds. The molecule has 2 aromatic heterocycles. The molecule has 0 bridgehead atoms. The number of hydrogen-bond donors (Lipinski definition) is 3. The summed E-state index contributed by atoms with van der Waals surface area (Å²) in [6.45, 7) is 0.899. The maximum Gasteiger partial charge on any atom is 0.274 e. The number of nitrogens with zero attached hydrogens (tertiary/aromatic N) is 3. The minimum absolute atomic E-state index is 0.0856. The summed E-state index contributed by atoms with van der Waals surface area (Å²) in [7, 11) is 1.73. The lowest BCUT2D eigenvalue weighted by Gasteiger charge is -2.35. The van der Waals surface area contributed by atoms with Crippen LogP contribution < -0.4 is 0 Å². The van der Waals surface area contributed by atoms with Crippen molar-refractivity contribution < 1.29 is 14.7 Å². The molecule has 0 spiro atoms. The molecule has 1 aromatic carbocycles. The molecule has 8 nitrogen and oxygen atoms in total. The number of rotatable bonds is 3. The number of hydrogen-bond acceptors (Lipinski definition) is 4.